The third-order valence-corrected chi connectivity index (χ3v) is 4.48. The Hall–Kier alpha value is -3.23. The van der Waals surface area contributed by atoms with Crippen LogP contribution in [-0.2, 0) is 0 Å². The molecule has 3 aromatic rings. The lowest BCUT2D eigenvalue weighted by molar-refractivity contribution is 0.100. The van der Waals surface area contributed by atoms with Crippen molar-refractivity contribution in [2.45, 2.75) is 13.8 Å². The number of amidine groups is 1. The average Bonchev–Trinajstić information content (AvgIpc) is 2.67. The standard InChI is InChI=1S/C21H17ClN4O/c1-12(2)20(24)26-21(27)15-7-8-18-16(9-15)19(17(22)11-25-18)14-5-3-13(10-23)4-6-14/h3-9,11-12H,1-2H3,(H2,24,26,27). The Balaban J connectivity index is 2.16. The number of aliphatic imine (C=N–C) groups is 1. The Morgan fingerprint density at radius 1 is 1.22 bits per heavy atom. The summed E-state index contributed by atoms with van der Waals surface area (Å²) in [4.78, 5) is 20.8. The molecule has 2 aromatic carbocycles. The van der Waals surface area contributed by atoms with Crippen LogP contribution in [0, 0.1) is 17.2 Å². The van der Waals surface area contributed by atoms with Crippen molar-refractivity contribution in [1.29, 1.82) is 5.26 Å². The summed E-state index contributed by atoms with van der Waals surface area (Å²) in [6, 6.07) is 14.3. The predicted octanol–water partition coefficient (Wildman–Crippen LogP) is 4.58. The zero-order chi connectivity index (χ0) is 19.6. The minimum Gasteiger partial charge on any atom is -0.387 e. The number of halogens is 1. The fraction of sp³-hybridized carbons (Fsp3) is 0.143. The number of nitrogens with two attached hydrogens (primary N) is 1. The third kappa shape index (κ3) is 3.81. The van der Waals surface area contributed by atoms with Gasteiger partial charge in [0.25, 0.3) is 5.91 Å². The zero-order valence-electron chi connectivity index (χ0n) is 14.9. The number of nitriles is 1. The van der Waals surface area contributed by atoms with E-state index in [-0.39, 0.29) is 11.8 Å². The number of rotatable bonds is 3. The van der Waals surface area contributed by atoms with Crippen LogP contribution in [0.25, 0.3) is 22.0 Å². The first kappa shape index (κ1) is 18.6. The Bertz CT molecular complexity index is 1100. The van der Waals surface area contributed by atoms with Crippen LogP contribution < -0.4 is 5.73 Å². The summed E-state index contributed by atoms with van der Waals surface area (Å²) < 4.78 is 0. The summed E-state index contributed by atoms with van der Waals surface area (Å²) in [5.41, 5.74) is 9.07. The highest BCUT2D eigenvalue weighted by Gasteiger charge is 2.14. The second-order valence-electron chi connectivity index (χ2n) is 6.40. The van der Waals surface area contributed by atoms with Gasteiger partial charge >= 0.3 is 0 Å². The molecule has 0 aliphatic carbocycles. The summed E-state index contributed by atoms with van der Waals surface area (Å²) >= 11 is 6.41. The third-order valence-electron chi connectivity index (χ3n) is 4.19. The van der Waals surface area contributed by atoms with E-state index in [0.717, 1.165) is 16.5 Å². The molecule has 0 saturated carbocycles. The van der Waals surface area contributed by atoms with E-state index in [9.17, 15) is 4.79 Å². The van der Waals surface area contributed by atoms with E-state index in [1.165, 1.54) is 0 Å². The lowest BCUT2D eigenvalue weighted by Gasteiger charge is -2.10. The van der Waals surface area contributed by atoms with Crippen molar-refractivity contribution in [1.82, 2.24) is 4.98 Å². The monoisotopic (exact) mass is 376 g/mol. The van der Waals surface area contributed by atoms with Gasteiger partial charge in [0.2, 0.25) is 0 Å². The molecule has 0 spiro atoms. The SMILES string of the molecule is CC(C)C(N)=NC(=O)c1ccc2ncc(Cl)c(-c3ccc(C#N)cc3)c2c1. The van der Waals surface area contributed by atoms with E-state index in [1.807, 2.05) is 26.0 Å². The normalized spacial score (nSPS) is 11.6. The van der Waals surface area contributed by atoms with Crippen molar-refractivity contribution in [3.63, 3.8) is 0 Å². The van der Waals surface area contributed by atoms with E-state index >= 15 is 0 Å². The molecule has 0 bridgehead atoms. The molecule has 0 radical (unpaired) electrons. The smallest absolute Gasteiger partial charge is 0.278 e. The van der Waals surface area contributed by atoms with Crippen LogP contribution >= 0.6 is 11.6 Å². The summed E-state index contributed by atoms with van der Waals surface area (Å²) in [5.74, 6) is -0.134. The zero-order valence-corrected chi connectivity index (χ0v) is 15.7. The Labute approximate surface area is 162 Å². The molecule has 27 heavy (non-hydrogen) atoms. The van der Waals surface area contributed by atoms with E-state index in [1.54, 1.807) is 36.5 Å². The van der Waals surface area contributed by atoms with Crippen molar-refractivity contribution in [2.75, 3.05) is 0 Å². The van der Waals surface area contributed by atoms with Gasteiger partial charge in [0.1, 0.15) is 5.84 Å². The van der Waals surface area contributed by atoms with Crippen LogP contribution in [-0.4, -0.2) is 16.7 Å². The molecular formula is C21H17ClN4O. The Morgan fingerprint density at radius 3 is 2.56 bits per heavy atom. The highest BCUT2D eigenvalue weighted by Crippen LogP contribution is 2.34. The molecule has 1 aromatic heterocycles. The maximum atomic E-state index is 12.5. The molecule has 2 N–H and O–H groups in total. The second kappa shape index (κ2) is 7.56. The number of carbonyl (C=O) groups is 1. The van der Waals surface area contributed by atoms with E-state index < -0.39 is 5.91 Å². The number of amides is 1. The van der Waals surface area contributed by atoms with Crippen LogP contribution in [0.4, 0.5) is 0 Å². The number of hydrogen-bond acceptors (Lipinski definition) is 3. The minimum atomic E-state index is -0.408. The maximum Gasteiger partial charge on any atom is 0.278 e. The van der Waals surface area contributed by atoms with Gasteiger partial charge in [-0.25, -0.2) is 0 Å². The van der Waals surface area contributed by atoms with Gasteiger partial charge < -0.3 is 5.73 Å². The number of fused-ring (bicyclic) bond motifs is 1. The molecule has 0 unspecified atom stereocenters. The van der Waals surface area contributed by atoms with Gasteiger partial charge in [-0.05, 0) is 35.9 Å². The number of hydrogen-bond donors (Lipinski definition) is 1. The van der Waals surface area contributed by atoms with Gasteiger partial charge in [0.15, 0.2) is 0 Å². The minimum absolute atomic E-state index is 0.0141. The van der Waals surface area contributed by atoms with E-state index in [2.05, 4.69) is 16.0 Å². The van der Waals surface area contributed by atoms with Crippen molar-refractivity contribution in [3.05, 3.63) is 64.8 Å². The Kier molecular flexibility index (Phi) is 5.20. The quantitative estimate of drug-likeness (QED) is 0.534. The fourth-order valence-corrected chi connectivity index (χ4v) is 2.88. The summed E-state index contributed by atoms with van der Waals surface area (Å²) in [7, 11) is 0. The number of carbonyl (C=O) groups excluding carboxylic acids is 1. The second-order valence-corrected chi connectivity index (χ2v) is 6.81. The van der Waals surface area contributed by atoms with Gasteiger partial charge in [-0.1, -0.05) is 37.6 Å². The van der Waals surface area contributed by atoms with E-state index in [4.69, 9.17) is 22.6 Å². The summed E-state index contributed by atoms with van der Waals surface area (Å²) in [5, 5.41) is 10.2. The molecule has 134 valence electrons. The lowest BCUT2D eigenvalue weighted by Crippen LogP contribution is -2.20. The van der Waals surface area contributed by atoms with Gasteiger partial charge in [0, 0.05) is 28.6 Å². The molecule has 0 aliphatic rings. The van der Waals surface area contributed by atoms with Crippen LogP contribution in [0.1, 0.15) is 29.8 Å². The van der Waals surface area contributed by atoms with Crippen molar-refractivity contribution in [3.8, 4) is 17.2 Å². The summed E-state index contributed by atoms with van der Waals surface area (Å²) in [6.07, 6.45) is 1.58. The number of benzene rings is 2. The summed E-state index contributed by atoms with van der Waals surface area (Å²) in [6.45, 7) is 3.75. The molecule has 6 heteroatoms. The van der Waals surface area contributed by atoms with Gasteiger partial charge in [0.05, 0.1) is 22.2 Å². The predicted molar refractivity (Wildman–Crippen MR) is 108 cm³/mol. The number of pyridine rings is 1. The molecule has 0 aliphatic heterocycles. The van der Waals surface area contributed by atoms with Crippen molar-refractivity contribution >= 4 is 34.2 Å². The van der Waals surface area contributed by atoms with Gasteiger partial charge in [-0.2, -0.15) is 10.3 Å². The fourth-order valence-electron chi connectivity index (χ4n) is 2.62. The van der Waals surface area contributed by atoms with Gasteiger partial charge in [-0.15, -0.1) is 0 Å². The Morgan fingerprint density at radius 2 is 1.93 bits per heavy atom. The van der Waals surface area contributed by atoms with Gasteiger partial charge in [-0.3, -0.25) is 9.78 Å². The average molecular weight is 377 g/mol. The maximum absolute atomic E-state index is 12.5. The van der Waals surface area contributed by atoms with Crippen LogP contribution in [0.3, 0.4) is 0 Å². The lowest BCUT2D eigenvalue weighted by atomic mass is 9.98. The van der Waals surface area contributed by atoms with E-state index in [0.29, 0.717) is 21.7 Å². The first-order valence-electron chi connectivity index (χ1n) is 8.38. The van der Waals surface area contributed by atoms with Crippen molar-refractivity contribution < 1.29 is 4.79 Å². The topological polar surface area (TPSA) is 92.1 Å². The van der Waals surface area contributed by atoms with Crippen LogP contribution in [0.15, 0.2) is 53.7 Å². The van der Waals surface area contributed by atoms with Crippen molar-refractivity contribution in [2.24, 2.45) is 16.6 Å². The van der Waals surface area contributed by atoms with Crippen LogP contribution in [0.5, 0.6) is 0 Å². The van der Waals surface area contributed by atoms with Crippen LogP contribution in [0.2, 0.25) is 5.02 Å². The molecule has 0 fully saturated rings. The number of aromatic nitrogens is 1. The largest absolute Gasteiger partial charge is 0.387 e. The molecular weight excluding hydrogens is 360 g/mol. The molecule has 0 atom stereocenters. The number of nitrogens with zero attached hydrogens (tertiary/aromatic N) is 3. The highest BCUT2D eigenvalue weighted by atomic mass is 35.5. The molecule has 0 saturated heterocycles. The highest BCUT2D eigenvalue weighted by molar-refractivity contribution is 6.34. The first-order valence-corrected chi connectivity index (χ1v) is 8.75. The molecule has 1 heterocycles. The molecule has 5 nitrogen and oxygen atoms in total. The first-order chi connectivity index (χ1) is 12.9. The molecule has 3 rings (SSSR count). The molecule has 1 amide bonds.